The maximum absolute atomic E-state index is 13.5. The van der Waals surface area contributed by atoms with E-state index in [1.165, 1.54) is 44.9 Å². The lowest BCUT2D eigenvalue weighted by Crippen LogP contribution is -2.50. The molecule has 5 N–H and O–H groups in total. The van der Waals surface area contributed by atoms with Crippen LogP contribution in [0.3, 0.4) is 0 Å². The van der Waals surface area contributed by atoms with Crippen molar-refractivity contribution in [1.29, 1.82) is 0 Å². The molecule has 6 rings (SSSR count). The summed E-state index contributed by atoms with van der Waals surface area (Å²) >= 11 is 0. The molecule has 0 fully saturated rings. The minimum absolute atomic E-state index is 0.445. The van der Waals surface area contributed by atoms with Gasteiger partial charge in [0.2, 0.25) is 0 Å². The molecule has 0 saturated heterocycles. The van der Waals surface area contributed by atoms with Gasteiger partial charge in [-0.3, -0.25) is 0 Å². The van der Waals surface area contributed by atoms with Crippen molar-refractivity contribution in [2.24, 2.45) is 0 Å². The van der Waals surface area contributed by atoms with Crippen LogP contribution in [0.4, 0.5) is 10.2 Å². The predicted octanol–water partition coefficient (Wildman–Crippen LogP) is 8.69. The third-order valence-corrected chi connectivity index (χ3v) is 7.42. The van der Waals surface area contributed by atoms with Gasteiger partial charge in [-0.1, -0.05) is 74.5 Å². The fourth-order valence-electron chi connectivity index (χ4n) is 5.07. The van der Waals surface area contributed by atoms with Crippen molar-refractivity contribution in [3.05, 3.63) is 102 Å². The number of halogens is 1. The van der Waals surface area contributed by atoms with Gasteiger partial charge in [-0.15, -0.1) is 10.8 Å². The second kappa shape index (κ2) is 17.1. The molecule has 3 aromatic heterocycles. The van der Waals surface area contributed by atoms with Gasteiger partial charge in [-0.05, 0) is 91.4 Å². The Hall–Kier alpha value is -4.57. The van der Waals surface area contributed by atoms with Crippen molar-refractivity contribution in [2.75, 3.05) is 11.8 Å². The standard InChI is InChI=1S/C20H14N4.C16H29FN4/c1-2-14-10-16-5-6-18(23-16)12-20-8-7-19(24-20)11-17-4-3-15(22-17)9-13(1)21-14;1-2-3-4-5-6-7-8-12-15-18-19-20-21(17)16-13-10-9-11-14-16/h1-12,21-22H;9-11,13-14,18-20H,2-8,12,15H2,1H3. The first kappa shape index (κ1) is 31.8. The van der Waals surface area contributed by atoms with E-state index in [1.807, 2.05) is 48.6 Å². The molecule has 2 aliphatic rings. The van der Waals surface area contributed by atoms with Crippen LogP contribution in [0.1, 0.15) is 81.1 Å². The molecule has 0 spiro atoms. The van der Waals surface area contributed by atoms with E-state index in [9.17, 15) is 4.48 Å². The molecule has 0 saturated carbocycles. The number of aromatic amines is 2. The Labute approximate surface area is 264 Å². The van der Waals surface area contributed by atoms with E-state index < -0.39 is 0 Å². The van der Waals surface area contributed by atoms with Crippen LogP contribution >= 0.6 is 0 Å². The molecular weight excluding hydrogens is 563 g/mol. The Bertz CT molecular complexity index is 1620. The van der Waals surface area contributed by atoms with Gasteiger partial charge in [0.25, 0.3) is 0 Å². The van der Waals surface area contributed by atoms with Crippen molar-refractivity contribution >= 4 is 52.1 Å². The summed E-state index contributed by atoms with van der Waals surface area (Å²) in [5.41, 5.74) is 16.4. The smallest absolute Gasteiger partial charge is 0.0890 e. The number of hydrogen-bond donors (Lipinski definition) is 5. The predicted molar refractivity (Wildman–Crippen MR) is 186 cm³/mol. The highest BCUT2D eigenvalue weighted by Gasteiger charge is 2.03. The van der Waals surface area contributed by atoms with Crippen molar-refractivity contribution in [1.82, 2.24) is 36.4 Å². The summed E-state index contributed by atoms with van der Waals surface area (Å²) in [5, 5.41) is 0.445. The van der Waals surface area contributed by atoms with Crippen LogP contribution in [0.5, 0.6) is 0 Å². The number of H-pyrrole nitrogens is 2. The average molecular weight is 607 g/mol. The van der Waals surface area contributed by atoms with E-state index in [-0.39, 0.29) is 0 Å². The molecule has 0 atom stereocenters. The number of para-hydroxylation sites is 1. The highest BCUT2D eigenvalue weighted by molar-refractivity contribution is 5.77. The van der Waals surface area contributed by atoms with Crippen molar-refractivity contribution in [3.8, 4) is 0 Å². The second-order valence-corrected chi connectivity index (χ2v) is 11.2. The molecular formula is C36H43FN8. The van der Waals surface area contributed by atoms with Crippen molar-refractivity contribution in [3.63, 3.8) is 0 Å². The monoisotopic (exact) mass is 606 g/mol. The molecule has 0 radical (unpaired) electrons. The van der Waals surface area contributed by atoms with Gasteiger partial charge < -0.3 is 9.97 Å². The lowest BCUT2D eigenvalue weighted by Gasteiger charge is -2.15. The van der Waals surface area contributed by atoms with E-state index in [4.69, 9.17) is 0 Å². The summed E-state index contributed by atoms with van der Waals surface area (Å²) < 4.78 is 13.5. The summed E-state index contributed by atoms with van der Waals surface area (Å²) in [7, 11) is 0. The van der Waals surface area contributed by atoms with Gasteiger partial charge in [0.15, 0.2) is 0 Å². The zero-order chi connectivity index (χ0) is 31.1. The van der Waals surface area contributed by atoms with Gasteiger partial charge in [0.05, 0.1) is 28.5 Å². The first-order valence-corrected chi connectivity index (χ1v) is 15.9. The summed E-state index contributed by atoms with van der Waals surface area (Å²) in [6.07, 6.45) is 18.4. The molecule has 1 aromatic carbocycles. The normalized spacial score (nSPS) is 11.8. The number of aromatic nitrogens is 4. The van der Waals surface area contributed by atoms with E-state index in [2.05, 4.69) is 73.7 Å². The maximum Gasteiger partial charge on any atom is 0.0890 e. The van der Waals surface area contributed by atoms with Gasteiger partial charge in [0.1, 0.15) is 0 Å². The molecule has 234 valence electrons. The molecule has 8 bridgehead atoms. The average Bonchev–Trinajstić information content (AvgIpc) is 3.87. The number of benzene rings is 1. The Morgan fingerprint density at radius 3 is 1.64 bits per heavy atom. The van der Waals surface area contributed by atoms with Gasteiger partial charge in [0, 0.05) is 28.6 Å². The molecule has 0 aliphatic carbocycles. The number of anilines is 1. The number of nitrogens with zero attached hydrogens (tertiary/aromatic N) is 3. The van der Waals surface area contributed by atoms with Crippen LogP contribution in [0.25, 0.3) is 46.4 Å². The molecule has 4 aromatic rings. The Balaban J connectivity index is 0.000000180. The Morgan fingerprint density at radius 2 is 1.09 bits per heavy atom. The fourth-order valence-corrected chi connectivity index (χ4v) is 5.07. The number of nitrogens with one attached hydrogen (secondary N) is 5. The zero-order valence-corrected chi connectivity index (χ0v) is 25.9. The highest BCUT2D eigenvalue weighted by Crippen LogP contribution is 2.17. The molecule has 0 amide bonds. The van der Waals surface area contributed by atoms with E-state index in [0.29, 0.717) is 10.9 Å². The number of fused-ring (bicyclic) bond motifs is 8. The summed E-state index contributed by atoms with van der Waals surface area (Å²) in [4.78, 5) is 16.0. The van der Waals surface area contributed by atoms with Crippen LogP contribution in [-0.4, -0.2) is 26.5 Å². The third kappa shape index (κ3) is 10.5. The van der Waals surface area contributed by atoms with Crippen LogP contribution in [0.2, 0.25) is 0 Å². The zero-order valence-electron chi connectivity index (χ0n) is 25.9. The Kier molecular flexibility index (Phi) is 12.1. The van der Waals surface area contributed by atoms with E-state index in [0.717, 1.165) is 57.8 Å². The first-order valence-electron chi connectivity index (χ1n) is 15.9. The minimum Gasteiger partial charge on any atom is -0.355 e. The molecule has 0 unspecified atom stereocenters. The lowest BCUT2D eigenvalue weighted by atomic mass is 10.1. The van der Waals surface area contributed by atoms with Gasteiger partial charge >= 0.3 is 0 Å². The van der Waals surface area contributed by atoms with Crippen molar-refractivity contribution < 1.29 is 4.48 Å². The number of unbranched alkanes of at least 4 members (excludes halogenated alkanes) is 7. The lowest BCUT2D eigenvalue weighted by molar-refractivity contribution is 0.292. The largest absolute Gasteiger partial charge is 0.355 e. The summed E-state index contributed by atoms with van der Waals surface area (Å²) in [6.45, 7) is 3.06. The molecule has 5 heterocycles. The second-order valence-electron chi connectivity index (χ2n) is 11.2. The topological polar surface area (TPSA) is 96.7 Å². The molecule has 9 heteroatoms. The molecule has 45 heavy (non-hydrogen) atoms. The number of hydrazine groups is 3. The third-order valence-electron chi connectivity index (χ3n) is 7.42. The maximum atomic E-state index is 13.5. The van der Waals surface area contributed by atoms with E-state index >= 15 is 0 Å². The van der Waals surface area contributed by atoms with Crippen LogP contribution in [0, 0.1) is 0 Å². The Morgan fingerprint density at radius 1 is 0.600 bits per heavy atom. The van der Waals surface area contributed by atoms with Gasteiger partial charge in [-0.25, -0.2) is 15.4 Å². The van der Waals surface area contributed by atoms with Gasteiger partial charge in [-0.2, -0.15) is 5.53 Å². The SMILES string of the molecule is C1=Cc2cc3ccc(cc4ccc(cc5nc(cc1n2)C=C5)[nH]4)[nH]3.CCCCCCCCCCNNNN(F)c1ccccc1. The van der Waals surface area contributed by atoms with Crippen LogP contribution < -0.4 is 21.7 Å². The summed E-state index contributed by atoms with van der Waals surface area (Å²) in [6, 6.07) is 25.2. The van der Waals surface area contributed by atoms with E-state index in [1.54, 1.807) is 24.3 Å². The van der Waals surface area contributed by atoms with Crippen LogP contribution in [0.15, 0.2) is 78.9 Å². The first-order chi connectivity index (χ1) is 22.1. The number of rotatable bonds is 13. The van der Waals surface area contributed by atoms with Crippen molar-refractivity contribution in [2.45, 2.75) is 58.3 Å². The van der Waals surface area contributed by atoms with Crippen LogP contribution in [-0.2, 0) is 0 Å². The molecule has 2 aliphatic heterocycles. The number of hydrogen-bond acceptors (Lipinski definition) is 6. The summed E-state index contributed by atoms with van der Waals surface area (Å²) in [5.74, 6) is 0. The highest BCUT2D eigenvalue weighted by atomic mass is 19.2. The fraction of sp³-hybridized carbons (Fsp3) is 0.278. The quantitative estimate of drug-likeness (QED) is 0.0513. The minimum atomic E-state index is 0.445. The molecule has 8 nitrogen and oxygen atoms in total.